The number of ether oxygens (including phenoxy) is 1. The Morgan fingerprint density at radius 2 is 2.42 bits per heavy atom. The van der Waals surface area contributed by atoms with Gasteiger partial charge in [-0.15, -0.1) is 0 Å². The van der Waals surface area contributed by atoms with E-state index in [9.17, 15) is 9.18 Å². The fourth-order valence-electron chi connectivity index (χ4n) is 2.26. The highest BCUT2D eigenvalue weighted by atomic mass is 19.1. The molecule has 0 aliphatic carbocycles. The average Bonchev–Trinajstić information content (AvgIpc) is 2.92. The standard InChI is InChI=1S/C14H19FN2O2/c1-19-13-8-11(3-4-12(13)15)17-14(18)5-2-10-6-7-16-9-10/h3-4,8,10,16H,2,5-7,9H2,1H3,(H,17,18). The van der Waals surface area contributed by atoms with Crippen LogP contribution >= 0.6 is 0 Å². The molecule has 1 aromatic rings. The van der Waals surface area contributed by atoms with Crippen molar-refractivity contribution in [3.05, 3.63) is 24.0 Å². The number of anilines is 1. The van der Waals surface area contributed by atoms with Gasteiger partial charge < -0.3 is 15.4 Å². The lowest BCUT2D eigenvalue weighted by Crippen LogP contribution is -2.15. The maximum absolute atomic E-state index is 13.2. The zero-order valence-corrected chi connectivity index (χ0v) is 11.0. The van der Waals surface area contributed by atoms with Gasteiger partial charge in [-0.3, -0.25) is 4.79 Å². The van der Waals surface area contributed by atoms with Crippen molar-refractivity contribution in [1.29, 1.82) is 0 Å². The number of methoxy groups -OCH3 is 1. The zero-order chi connectivity index (χ0) is 13.7. The first-order chi connectivity index (χ1) is 9.19. The molecule has 1 saturated heterocycles. The van der Waals surface area contributed by atoms with Gasteiger partial charge in [0, 0.05) is 18.2 Å². The summed E-state index contributed by atoms with van der Waals surface area (Å²) in [4.78, 5) is 11.8. The van der Waals surface area contributed by atoms with E-state index in [-0.39, 0.29) is 11.7 Å². The number of rotatable bonds is 5. The monoisotopic (exact) mass is 266 g/mol. The Labute approximate surface area is 112 Å². The van der Waals surface area contributed by atoms with Crippen LogP contribution < -0.4 is 15.4 Å². The summed E-state index contributed by atoms with van der Waals surface area (Å²) in [6, 6.07) is 4.31. The number of carbonyl (C=O) groups excluding carboxylic acids is 1. The number of halogens is 1. The first kappa shape index (κ1) is 13.8. The second kappa shape index (κ2) is 6.52. The molecule has 0 radical (unpaired) electrons. The molecule has 104 valence electrons. The summed E-state index contributed by atoms with van der Waals surface area (Å²) >= 11 is 0. The van der Waals surface area contributed by atoms with Crippen LogP contribution in [-0.4, -0.2) is 26.1 Å². The highest BCUT2D eigenvalue weighted by molar-refractivity contribution is 5.90. The van der Waals surface area contributed by atoms with Crippen molar-refractivity contribution < 1.29 is 13.9 Å². The van der Waals surface area contributed by atoms with Crippen LogP contribution in [0.1, 0.15) is 19.3 Å². The van der Waals surface area contributed by atoms with Gasteiger partial charge in [0.1, 0.15) is 0 Å². The van der Waals surface area contributed by atoms with E-state index < -0.39 is 5.82 Å². The van der Waals surface area contributed by atoms with Crippen molar-refractivity contribution in [3.63, 3.8) is 0 Å². The smallest absolute Gasteiger partial charge is 0.224 e. The second-order valence-electron chi connectivity index (χ2n) is 4.80. The van der Waals surface area contributed by atoms with Gasteiger partial charge in [-0.1, -0.05) is 0 Å². The molecule has 4 nitrogen and oxygen atoms in total. The van der Waals surface area contributed by atoms with Gasteiger partial charge in [0.15, 0.2) is 11.6 Å². The highest BCUT2D eigenvalue weighted by Crippen LogP contribution is 2.22. The Kier molecular flexibility index (Phi) is 4.74. The number of hydrogen-bond donors (Lipinski definition) is 2. The predicted octanol–water partition coefficient (Wildman–Crippen LogP) is 2.16. The minimum Gasteiger partial charge on any atom is -0.494 e. The van der Waals surface area contributed by atoms with Crippen molar-refractivity contribution in [3.8, 4) is 5.75 Å². The summed E-state index contributed by atoms with van der Waals surface area (Å²) in [6.45, 7) is 2.04. The van der Waals surface area contributed by atoms with Gasteiger partial charge in [0.2, 0.25) is 5.91 Å². The first-order valence-electron chi connectivity index (χ1n) is 6.53. The maximum atomic E-state index is 13.2. The van der Waals surface area contributed by atoms with Crippen LogP contribution in [0.15, 0.2) is 18.2 Å². The predicted molar refractivity (Wildman–Crippen MR) is 71.8 cm³/mol. The van der Waals surface area contributed by atoms with E-state index in [1.165, 1.54) is 25.3 Å². The molecule has 2 N–H and O–H groups in total. The Balaban J connectivity index is 1.84. The zero-order valence-electron chi connectivity index (χ0n) is 11.0. The van der Waals surface area contributed by atoms with Crippen LogP contribution in [0.5, 0.6) is 5.75 Å². The molecule has 1 fully saturated rings. The molecule has 0 bridgehead atoms. The molecule has 1 heterocycles. The summed E-state index contributed by atoms with van der Waals surface area (Å²) in [7, 11) is 1.40. The van der Waals surface area contributed by atoms with Crippen molar-refractivity contribution in [2.24, 2.45) is 5.92 Å². The second-order valence-corrected chi connectivity index (χ2v) is 4.80. The Morgan fingerprint density at radius 3 is 3.11 bits per heavy atom. The molecular formula is C14H19FN2O2. The van der Waals surface area contributed by atoms with Crippen LogP contribution in [0.2, 0.25) is 0 Å². The van der Waals surface area contributed by atoms with Crippen LogP contribution in [0.4, 0.5) is 10.1 Å². The summed E-state index contributed by atoms with van der Waals surface area (Å²) in [6.07, 6.45) is 2.51. The number of benzene rings is 1. The lowest BCUT2D eigenvalue weighted by Gasteiger charge is -2.10. The van der Waals surface area contributed by atoms with E-state index in [1.807, 2.05) is 0 Å². The molecule has 1 unspecified atom stereocenters. The molecule has 1 aliphatic heterocycles. The molecule has 19 heavy (non-hydrogen) atoms. The largest absolute Gasteiger partial charge is 0.494 e. The van der Waals surface area contributed by atoms with Crippen LogP contribution in [0, 0.1) is 11.7 Å². The molecule has 2 rings (SSSR count). The van der Waals surface area contributed by atoms with Gasteiger partial charge in [0.25, 0.3) is 0 Å². The van der Waals surface area contributed by atoms with Gasteiger partial charge >= 0.3 is 0 Å². The third-order valence-electron chi connectivity index (χ3n) is 3.38. The summed E-state index contributed by atoms with van der Waals surface area (Å²) < 4.78 is 18.1. The van der Waals surface area contributed by atoms with Gasteiger partial charge in [-0.05, 0) is 44.0 Å². The third kappa shape index (κ3) is 3.92. The van der Waals surface area contributed by atoms with Crippen molar-refractivity contribution in [2.75, 3.05) is 25.5 Å². The van der Waals surface area contributed by atoms with Crippen LogP contribution in [0.3, 0.4) is 0 Å². The van der Waals surface area contributed by atoms with Crippen LogP contribution in [0.25, 0.3) is 0 Å². The first-order valence-corrected chi connectivity index (χ1v) is 6.53. The normalized spacial score (nSPS) is 18.3. The quantitative estimate of drug-likeness (QED) is 0.858. The van der Waals surface area contributed by atoms with E-state index in [1.54, 1.807) is 0 Å². The topological polar surface area (TPSA) is 50.4 Å². The number of carbonyl (C=O) groups is 1. The molecule has 1 aromatic carbocycles. The highest BCUT2D eigenvalue weighted by Gasteiger charge is 2.15. The number of hydrogen-bond acceptors (Lipinski definition) is 3. The van der Waals surface area contributed by atoms with Gasteiger partial charge in [0.05, 0.1) is 7.11 Å². The lowest BCUT2D eigenvalue weighted by molar-refractivity contribution is -0.116. The Morgan fingerprint density at radius 1 is 1.58 bits per heavy atom. The molecule has 0 aromatic heterocycles. The lowest BCUT2D eigenvalue weighted by atomic mass is 10.0. The molecule has 5 heteroatoms. The molecule has 1 aliphatic rings. The summed E-state index contributed by atoms with van der Waals surface area (Å²) in [5.74, 6) is 0.254. The summed E-state index contributed by atoms with van der Waals surface area (Å²) in [5.41, 5.74) is 0.563. The molecule has 0 saturated carbocycles. The minimum atomic E-state index is -0.433. The average molecular weight is 266 g/mol. The van der Waals surface area contributed by atoms with Crippen molar-refractivity contribution in [1.82, 2.24) is 5.32 Å². The van der Waals surface area contributed by atoms with Crippen LogP contribution in [-0.2, 0) is 4.79 Å². The molecule has 1 amide bonds. The third-order valence-corrected chi connectivity index (χ3v) is 3.38. The van der Waals surface area contributed by atoms with Crippen molar-refractivity contribution >= 4 is 11.6 Å². The summed E-state index contributed by atoms with van der Waals surface area (Å²) in [5, 5.41) is 6.04. The van der Waals surface area contributed by atoms with E-state index >= 15 is 0 Å². The molecule has 0 spiro atoms. The van der Waals surface area contributed by atoms with Gasteiger partial charge in [-0.2, -0.15) is 0 Å². The molecular weight excluding hydrogens is 247 g/mol. The van der Waals surface area contributed by atoms with E-state index in [2.05, 4.69) is 10.6 Å². The number of nitrogens with one attached hydrogen (secondary N) is 2. The molecule has 1 atom stereocenters. The van der Waals surface area contributed by atoms with Crippen molar-refractivity contribution in [2.45, 2.75) is 19.3 Å². The Hall–Kier alpha value is -1.62. The SMILES string of the molecule is COc1cc(NC(=O)CCC2CCNC2)ccc1F. The fraction of sp³-hybridized carbons (Fsp3) is 0.500. The maximum Gasteiger partial charge on any atom is 0.224 e. The fourth-order valence-corrected chi connectivity index (χ4v) is 2.26. The van der Waals surface area contributed by atoms with E-state index in [0.29, 0.717) is 18.0 Å². The van der Waals surface area contributed by atoms with E-state index in [0.717, 1.165) is 25.9 Å². The Bertz CT molecular complexity index is 445. The van der Waals surface area contributed by atoms with Gasteiger partial charge in [-0.25, -0.2) is 4.39 Å². The minimum absolute atomic E-state index is 0.0411. The van der Waals surface area contributed by atoms with E-state index in [4.69, 9.17) is 4.74 Å². The number of amides is 1.